The van der Waals surface area contributed by atoms with Crippen molar-refractivity contribution < 1.29 is 24.6 Å². The molecule has 124 valence electrons. The van der Waals surface area contributed by atoms with Crippen LogP contribution in [0.15, 0.2) is 24.3 Å². The molecule has 0 aromatic heterocycles. The number of nitrogens with one attached hydrogen (secondary N) is 3. The minimum Gasteiger partial charge on any atom is -0.465 e. The molecule has 8 nitrogen and oxygen atoms in total. The predicted molar refractivity (Wildman–Crippen MR) is 82.0 cm³/mol. The van der Waals surface area contributed by atoms with Crippen molar-refractivity contribution in [2.24, 2.45) is 0 Å². The van der Waals surface area contributed by atoms with Crippen LogP contribution in [-0.4, -0.2) is 46.3 Å². The van der Waals surface area contributed by atoms with Crippen molar-refractivity contribution in [3.8, 4) is 0 Å². The zero-order valence-corrected chi connectivity index (χ0v) is 12.6. The Morgan fingerprint density at radius 3 is 2.70 bits per heavy atom. The van der Waals surface area contributed by atoms with Gasteiger partial charge in [0.15, 0.2) is 0 Å². The molecule has 0 fully saturated rings. The van der Waals surface area contributed by atoms with Gasteiger partial charge in [-0.05, 0) is 31.4 Å². The van der Waals surface area contributed by atoms with E-state index < -0.39 is 30.2 Å². The zero-order chi connectivity index (χ0) is 17.0. The van der Waals surface area contributed by atoms with Crippen LogP contribution in [0.1, 0.15) is 18.9 Å². The second kappa shape index (κ2) is 7.10. The molecule has 2 rings (SSSR count). The molecule has 1 aliphatic heterocycles. The molecule has 0 saturated carbocycles. The molecule has 8 heteroatoms. The van der Waals surface area contributed by atoms with Crippen molar-refractivity contribution >= 4 is 23.6 Å². The predicted octanol–water partition coefficient (Wildman–Crippen LogP) is 0.0731. The van der Waals surface area contributed by atoms with Gasteiger partial charge in [-0.2, -0.15) is 0 Å². The Morgan fingerprint density at radius 1 is 1.35 bits per heavy atom. The summed E-state index contributed by atoms with van der Waals surface area (Å²) >= 11 is 0. The molecule has 1 aromatic rings. The maximum Gasteiger partial charge on any atom is 0.405 e. The van der Waals surface area contributed by atoms with Crippen LogP contribution in [0.5, 0.6) is 0 Å². The zero-order valence-electron chi connectivity index (χ0n) is 12.6. The van der Waals surface area contributed by atoms with Crippen molar-refractivity contribution in [3.05, 3.63) is 29.8 Å². The molecule has 3 atom stereocenters. The summed E-state index contributed by atoms with van der Waals surface area (Å²) in [6.07, 6.45) is -1.68. The van der Waals surface area contributed by atoms with Crippen LogP contribution in [0.2, 0.25) is 0 Å². The Morgan fingerprint density at radius 2 is 2.04 bits per heavy atom. The van der Waals surface area contributed by atoms with Crippen molar-refractivity contribution in [3.63, 3.8) is 0 Å². The number of aryl methyl sites for hydroxylation is 1. The number of fused-ring (bicyclic) bond motifs is 1. The van der Waals surface area contributed by atoms with Gasteiger partial charge >= 0.3 is 6.09 Å². The van der Waals surface area contributed by atoms with Crippen LogP contribution in [0.25, 0.3) is 0 Å². The molecule has 0 unspecified atom stereocenters. The highest BCUT2D eigenvalue weighted by Gasteiger charge is 2.31. The summed E-state index contributed by atoms with van der Waals surface area (Å²) in [7, 11) is 0. The van der Waals surface area contributed by atoms with Gasteiger partial charge in [0.25, 0.3) is 0 Å². The smallest absolute Gasteiger partial charge is 0.405 e. The number of amides is 3. The van der Waals surface area contributed by atoms with E-state index in [1.54, 1.807) is 12.1 Å². The SMILES string of the molecule is C[C@@H](O)[C@H](NC(=O)O)C(=O)N[C@H]1CCc2ccccc2NC1=O. The molecule has 0 bridgehead atoms. The fraction of sp³-hybridized carbons (Fsp3) is 0.400. The molecular weight excluding hydrogens is 302 g/mol. The molecule has 3 amide bonds. The highest BCUT2D eigenvalue weighted by Crippen LogP contribution is 2.21. The number of para-hydroxylation sites is 1. The fourth-order valence-corrected chi connectivity index (χ4v) is 2.45. The molecule has 5 N–H and O–H groups in total. The molecule has 0 spiro atoms. The van der Waals surface area contributed by atoms with E-state index in [0.717, 1.165) is 5.56 Å². The highest BCUT2D eigenvalue weighted by atomic mass is 16.4. The number of anilines is 1. The number of hydrogen-bond donors (Lipinski definition) is 5. The maximum atomic E-state index is 12.2. The first-order valence-corrected chi connectivity index (χ1v) is 7.25. The molecule has 1 aromatic carbocycles. The third kappa shape index (κ3) is 4.19. The van der Waals surface area contributed by atoms with Gasteiger partial charge in [0.1, 0.15) is 12.1 Å². The van der Waals surface area contributed by atoms with Gasteiger partial charge in [-0.15, -0.1) is 0 Å². The summed E-state index contributed by atoms with van der Waals surface area (Å²) in [5, 5.41) is 25.4. The van der Waals surface area contributed by atoms with Crippen LogP contribution in [0.4, 0.5) is 10.5 Å². The number of carboxylic acid groups (broad SMARTS) is 1. The molecule has 0 radical (unpaired) electrons. The van der Waals surface area contributed by atoms with Crippen LogP contribution >= 0.6 is 0 Å². The van der Waals surface area contributed by atoms with Gasteiger partial charge < -0.3 is 26.2 Å². The van der Waals surface area contributed by atoms with E-state index in [1.807, 2.05) is 17.4 Å². The Balaban J connectivity index is 2.06. The van der Waals surface area contributed by atoms with Gasteiger partial charge in [-0.3, -0.25) is 9.59 Å². The lowest BCUT2D eigenvalue weighted by molar-refractivity contribution is -0.129. The van der Waals surface area contributed by atoms with E-state index in [-0.39, 0.29) is 5.91 Å². The van der Waals surface area contributed by atoms with E-state index >= 15 is 0 Å². The Kier molecular flexibility index (Phi) is 5.17. The number of carbonyl (C=O) groups excluding carboxylic acids is 2. The summed E-state index contributed by atoms with van der Waals surface area (Å²) in [6.45, 7) is 1.29. The monoisotopic (exact) mass is 321 g/mol. The van der Waals surface area contributed by atoms with Gasteiger partial charge in [0.2, 0.25) is 11.8 Å². The Bertz CT molecular complexity index is 617. The molecule has 1 heterocycles. The lowest BCUT2D eigenvalue weighted by atomic mass is 10.1. The van der Waals surface area contributed by atoms with Crippen LogP contribution in [-0.2, 0) is 16.0 Å². The molecule has 1 aliphatic rings. The van der Waals surface area contributed by atoms with Crippen molar-refractivity contribution in [1.29, 1.82) is 0 Å². The molecule has 0 saturated heterocycles. The summed E-state index contributed by atoms with van der Waals surface area (Å²) in [5.74, 6) is -1.11. The topological polar surface area (TPSA) is 128 Å². The Labute approximate surface area is 132 Å². The molecule has 23 heavy (non-hydrogen) atoms. The largest absolute Gasteiger partial charge is 0.465 e. The number of aliphatic hydroxyl groups excluding tert-OH is 1. The lowest BCUT2D eigenvalue weighted by Gasteiger charge is -2.22. The van der Waals surface area contributed by atoms with E-state index in [1.165, 1.54) is 6.92 Å². The number of rotatable bonds is 4. The van der Waals surface area contributed by atoms with E-state index in [9.17, 15) is 19.5 Å². The average molecular weight is 321 g/mol. The first-order chi connectivity index (χ1) is 10.9. The van der Waals surface area contributed by atoms with Crippen molar-refractivity contribution in [2.75, 3.05) is 5.32 Å². The standard InChI is InChI=1S/C15H19N3O5/c1-8(19)12(18-15(22)23)14(21)17-11-7-6-9-4-2-3-5-10(9)16-13(11)20/h2-5,8,11-12,18-19H,6-7H2,1H3,(H,16,20)(H,17,21)(H,22,23)/t8-,11+,12+/m1/s1. The summed E-state index contributed by atoms with van der Waals surface area (Å²) in [5.41, 5.74) is 1.67. The Hall–Kier alpha value is -2.61. The van der Waals surface area contributed by atoms with Gasteiger partial charge in [-0.1, -0.05) is 18.2 Å². The van der Waals surface area contributed by atoms with Crippen molar-refractivity contribution in [2.45, 2.75) is 38.0 Å². The third-order valence-corrected chi connectivity index (χ3v) is 3.65. The van der Waals surface area contributed by atoms with Gasteiger partial charge in [-0.25, -0.2) is 4.79 Å². The summed E-state index contributed by atoms with van der Waals surface area (Å²) < 4.78 is 0. The number of hydrogen-bond acceptors (Lipinski definition) is 4. The summed E-state index contributed by atoms with van der Waals surface area (Å²) in [6, 6.07) is 5.20. The minimum atomic E-state index is -1.43. The minimum absolute atomic E-state index is 0.372. The average Bonchev–Trinajstić information content (AvgIpc) is 2.64. The van der Waals surface area contributed by atoms with E-state index in [4.69, 9.17) is 5.11 Å². The van der Waals surface area contributed by atoms with Crippen molar-refractivity contribution in [1.82, 2.24) is 10.6 Å². The number of benzene rings is 1. The van der Waals surface area contributed by atoms with Crippen LogP contribution in [0.3, 0.4) is 0 Å². The fourth-order valence-electron chi connectivity index (χ4n) is 2.45. The van der Waals surface area contributed by atoms with Crippen LogP contribution in [0, 0.1) is 0 Å². The number of aliphatic hydroxyl groups is 1. The maximum absolute atomic E-state index is 12.2. The first-order valence-electron chi connectivity index (χ1n) is 7.25. The molecular formula is C15H19N3O5. The highest BCUT2D eigenvalue weighted by molar-refractivity contribution is 5.99. The van der Waals surface area contributed by atoms with Crippen LogP contribution < -0.4 is 16.0 Å². The lowest BCUT2D eigenvalue weighted by Crippen LogP contribution is -2.56. The van der Waals surface area contributed by atoms with Gasteiger partial charge in [0, 0.05) is 5.69 Å². The third-order valence-electron chi connectivity index (χ3n) is 3.65. The van der Waals surface area contributed by atoms with Gasteiger partial charge in [0.05, 0.1) is 6.10 Å². The quantitative estimate of drug-likeness (QED) is 0.536. The summed E-state index contributed by atoms with van der Waals surface area (Å²) in [4.78, 5) is 35.0. The number of carbonyl (C=O) groups is 3. The normalized spacial score (nSPS) is 19.6. The molecule has 0 aliphatic carbocycles. The second-order valence-corrected chi connectivity index (χ2v) is 5.41. The second-order valence-electron chi connectivity index (χ2n) is 5.41. The first kappa shape index (κ1) is 16.8. The van der Waals surface area contributed by atoms with E-state index in [2.05, 4.69) is 10.6 Å². The van der Waals surface area contributed by atoms with E-state index in [0.29, 0.717) is 18.5 Å².